The third-order valence-corrected chi connectivity index (χ3v) is 2.42. The molecule has 0 aromatic heterocycles. The fraction of sp³-hybridized carbons (Fsp3) is 0.909. The molecule has 0 bridgehead atoms. The minimum Gasteiger partial charge on any atom is -0.302 e. The summed E-state index contributed by atoms with van der Waals surface area (Å²) in [5.41, 5.74) is -0.412. The number of nitriles is 1. The van der Waals surface area contributed by atoms with Gasteiger partial charge < -0.3 is 10.2 Å². The number of rotatable bonds is 7. The van der Waals surface area contributed by atoms with Gasteiger partial charge in [-0.1, -0.05) is 13.8 Å². The van der Waals surface area contributed by atoms with E-state index in [1.165, 1.54) is 0 Å². The van der Waals surface area contributed by atoms with E-state index in [-0.39, 0.29) is 0 Å². The zero-order valence-electron chi connectivity index (χ0n) is 9.93. The minimum absolute atomic E-state index is 0.412. The van der Waals surface area contributed by atoms with Crippen LogP contribution in [0.3, 0.4) is 0 Å². The summed E-state index contributed by atoms with van der Waals surface area (Å²) < 4.78 is 0. The van der Waals surface area contributed by atoms with Gasteiger partial charge in [0, 0.05) is 6.54 Å². The Labute approximate surface area is 88.1 Å². The summed E-state index contributed by atoms with van der Waals surface area (Å²) in [7, 11) is 1.85. The predicted octanol–water partition coefficient (Wildman–Crippen LogP) is 1.61. The Hall–Kier alpha value is -0.590. The van der Waals surface area contributed by atoms with Gasteiger partial charge in [0.25, 0.3) is 0 Å². The van der Waals surface area contributed by atoms with Gasteiger partial charge in [0.05, 0.1) is 6.07 Å². The topological polar surface area (TPSA) is 39.1 Å². The summed E-state index contributed by atoms with van der Waals surface area (Å²) in [5, 5.41) is 12.1. The van der Waals surface area contributed by atoms with Crippen molar-refractivity contribution in [3.05, 3.63) is 0 Å². The molecule has 82 valence electrons. The first-order valence-electron chi connectivity index (χ1n) is 5.44. The second-order valence-electron chi connectivity index (χ2n) is 3.97. The second kappa shape index (κ2) is 6.80. The molecule has 0 aliphatic heterocycles. The van der Waals surface area contributed by atoms with E-state index in [0.717, 1.165) is 32.5 Å². The molecule has 0 aromatic rings. The zero-order valence-corrected chi connectivity index (χ0v) is 9.93. The third-order valence-electron chi connectivity index (χ3n) is 2.42. The van der Waals surface area contributed by atoms with Crippen molar-refractivity contribution in [3.63, 3.8) is 0 Å². The molecule has 0 fully saturated rings. The number of hydrogen-bond acceptors (Lipinski definition) is 3. The largest absolute Gasteiger partial charge is 0.302 e. The van der Waals surface area contributed by atoms with Gasteiger partial charge >= 0.3 is 0 Å². The number of nitrogens with zero attached hydrogens (tertiary/aromatic N) is 2. The quantitative estimate of drug-likeness (QED) is 0.674. The maximum Gasteiger partial charge on any atom is 0.116 e. The predicted molar refractivity (Wildman–Crippen MR) is 60.1 cm³/mol. The van der Waals surface area contributed by atoms with Crippen molar-refractivity contribution in [2.45, 2.75) is 39.2 Å². The lowest BCUT2D eigenvalue weighted by Gasteiger charge is -2.29. The third kappa shape index (κ3) is 4.59. The van der Waals surface area contributed by atoms with E-state index in [2.05, 4.69) is 30.1 Å². The Balaban J connectivity index is 4.19. The van der Waals surface area contributed by atoms with Crippen LogP contribution in [-0.2, 0) is 0 Å². The summed E-state index contributed by atoms with van der Waals surface area (Å²) in [5.74, 6) is 0. The van der Waals surface area contributed by atoms with Crippen molar-refractivity contribution >= 4 is 0 Å². The van der Waals surface area contributed by atoms with Crippen molar-refractivity contribution in [1.82, 2.24) is 10.2 Å². The second-order valence-corrected chi connectivity index (χ2v) is 3.97. The van der Waals surface area contributed by atoms with Gasteiger partial charge in [-0.15, -0.1) is 0 Å². The van der Waals surface area contributed by atoms with Gasteiger partial charge in [-0.3, -0.25) is 0 Å². The van der Waals surface area contributed by atoms with Gasteiger partial charge in [-0.25, -0.2) is 0 Å². The van der Waals surface area contributed by atoms with Crippen LogP contribution in [-0.4, -0.2) is 37.1 Å². The van der Waals surface area contributed by atoms with Crippen molar-refractivity contribution in [3.8, 4) is 6.07 Å². The summed E-state index contributed by atoms with van der Waals surface area (Å²) >= 11 is 0. The number of nitrogens with one attached hydrogen (secondary N) is 1. The molecule has 0 rings (SSSR count). The molecule has 1 N–H and O–H groups in total. The molecule has 1 atom stereocenters. The van der Waals surface area contributed by atoms with E-state index in [1.807, 2.05) is 14.0 Å². The first-order valence-corrected chi connectivity index (χ1v) is 5.44. The Morgan fingerprint density at radius 3 is 2.07 bits per heavy atom. The Kier molecular flexibility index (Phi) is 6.52. The van der Waals surface area contributed by atoms with Crippen molar-refractivity contribution in [1.29, 1.82) is 5.26 Å². The highest BCUT2D eigenvalue weighted by molar-refractivity contribution is 5.04. The summed E-state index contributed by atoms with van der Waals surface area (Å²) in [6.07, 6.45) is 2.29. The van der Waals surface area contributed by atoms with Crippen LogP contribution in [0.25, 0.3) is 0 Å². The minimum atomic E-state index is -0.412. The van der Waals surface area contributed by atoms with Crippen LogP contribution in [0.5, 0.6) is 0 Å². The van der Waals surface area contributed by atoms with E-state index in [9.17, 15) is 0 Å². The molecule has 0 aromatic carbocycles. The Bertz CT molecular complexity index is 179. The highest BCUT2D eigenvalue weighted by atomic mass is 15.2. The lowest BCUT2D eigenvalue weighted by Crippen LogP contribution is -2.49. The van der Waals surface area contributed by atoms with Crippen LogP contribution < -0.4 is 5.32 Å². The smallest absolute Gasteiger partial charge is 0.116 e. The van der Waals surface area contributed by atoms with Gasteiger partial charge in [-0.2, -0.15) is 5.26 Å². The van der Waals surface area contributed by atoms with Crippen molar-refractivity contribution in [2.24, 2.45) is 0 Å². The lowest BCUT2D eigenvalue weighted by atomic mass is 10.0. The van der Waals surface area contributed by atoms with Gasteiger partial charge in [0.2, 0.25) is 0 Å². The molecule has 0 aliphatic rings. The normalized spacial score (nSPS) is 15.1. The van der Waals surface area contributed by atoms with E-state index in [0.29, 0.717) is 0 Å². The maximum atomic E-state index is 9.03. The molecule has 3 heteroatoms. The number of likely N-dealkylation sites (N-methyl/N-ethyl adjacent to an activating group) is 1. The van der Waals surface area contributed by atoms with Crippen LogP contribution >= 0.6 is 0 Å². The fourth-order valence-corrected chi connectivity index (χ4v) is 1.52. The van der Waals surface area contributed by atoms with E-state index in [1.54, 1.807) is 0 Å². The SMILES string of the molecule is CCCN(CCC)CC(C)(C#N)NC. The number of hydrogen-bond donors (Lipinski definition) is 1. The van der Waals surface area contributed by atoms with Gasteiger partial charge in [-0.05, 0) is 39.9 Å². The molecule has 0 aliphatic carbocycles. The summed E-state index contributed by atoms with van der Waals surface area (Å²) in [6, 6.07) is 2.32. The first kappa shape index (κ1) is 13.4. The molecular formula is C11H23N3. The lowest BCUT2D eigenvalue weighted by molar-refractivity contribution is 0.225. The van der Waals surface area contributed by atoms with Crippen molar-refractivity contribution in [2.75, 3.05) is 26.7 Å². The Morgan fingerprint density at radius 1 is 1.29 bits per heavy atom. The average molecular weight is 197 g/mol. The molecule has 0 saturated heterocycles. The molecule has 0 radical (unpaired) electrons. The standard InChI is InChI=1S/C11H23N3/c1-5-7-14(8-6-2)10-11(3,9-12)13-4/h13H,5-8,10H2,1-4H3. The van der Waals surface area contributed by atoms with Crippen LogP contribution in [0, 0.1) is 11.3 Å². The monoisotopic (exact) mass is 197 g/mol. The molecular weight excluding hydrogens is 174 g/mol. The molecule has 14 heavy (non-hydrogen) atoms. The van der Waals surface area contributed by atoms with Crippen LogP contribution in [0.1, 0.15) is 33.6 Å². The van der Waals surface area contributed by atoms with Crippen LogP contribution in [0.2, 0.25) is 0 Å². The molecule has 0 heterocycles. The Morgan fingerprint density at radius 2 is 1.79 bits per heavy atom. The highest BCUT2D eigenvalue weighted by Gasteiger charge is 2.23. The molecule has 1 unspecified atom stereocenters. The molecule has 0 amide bonds. The van der Waals surface area contributed by atoms with Gasteiger partial charge in [0.15, 0.2) is 0 Å². The van der Waals surface area contributed by atoms with E-state index < -0.39 is 5.54 Å². The zero-order chi connectivity index (χ0) is 11.0. The summed E-state index contributed by atoms with van der Waals surface area (Å²) in [6.45, 7) is 9.25. The van der Waals surface area contributed by atoms with E-state index >= 15 is 0 Å². The maximum absolute atomic E-state index is 9.03. The van der Waals surface area contributed by atoms with E-state index in [4.69, 9.17) is 5.26 Å². The molecule has 0 spiro atoms. The molecule has 3 nitrogen and oxygen atoms in total. The first-order chi connectivity index (χ1) is 6.61. The van der Waals surface area contributed by atoms with Crippen molar-refractivity contribution < 1.29 is 0 Å². The molecule has 0 saturated carbocycles. The van der Waals surface area contributed by atoms with Crippen LogP contribution in [0.15, 0.2) is 0 Å². The summed E-state index contributed by atoms with van der Waals surface area (Å²) in [4.78, 5) is 2.35. The van der Waals surface area contributed by atoms with Gasteiger partial charge in [0.1, 0.15) is 5.54 Å². The highest BCUT2D eigenvalue weighted by Crippen LogP contribution is 2.06. The van der Waals surface area contributed by atoms with Crippen LogP contribution in [0.4, 0.5) is 0 Å². The average Bonchev–Trinajstić information content (AvgIpc) is 2.18. The fourth-order valence-electron chi connectivity index (χ4n) is 1.52.